The molecular weight excluding hydrogens is 622 g/mol. The summed E-state index contributed by atoms with van der Waals surface area (Å²) in [5.74, 6) is -1.66. The summed E-state index contributed by atoms with van der Waals surface area (Å²) in [6.07, 6.45) is 4.59. The minimum Gasteiger partial charge on any atom is -0.493 e. The number of anilines is 1. The Morgan fingerprint density at radius 2 is 1.87 bits per heavy atom. The minimum absolute atomic E-state index is 0.0158. The van der Waals surface area contributed by atoms with Crippen LogP contribution in [-0.2, 0) is 33.8 Å². The molecule has 14 heteroatoms. The number of aryl methyl sites for hydroxylation is 1. The zero-order chi connectivity index (χ0) is 32.1. The zero-order valence-electron chi connectivity index (χ0n) is 24.5. The van der Waals surface area contributed by atoms with Gasteiger partial charge in [0.05, 0.1) is 40.7 Å². The lowest BCUT2D eigenvalue weighted by molar-refractivity contribution is -0.385. The van der Waals surface area contributed by atoms with Gasteiger partial charge in [-0.25, -0.2) is 4.79 Å². The molecule has 2 heterocycles. The molecule has 45 heavy (non-hydrogen) atoms. The molecule has 5 rings (SSSR count). The van der Waals surface area contributed by atoms with Crippen LogP contribution in [0.1, 0.15) is 51.7 Å². The number of rotatable bonds is 11. The maximum Gasteiger partial charge on any atom is 0.341 e. The maximum atomic E-state index is 13.2. The monoisotopic (exact) mass is 651 g/mol. The number of nitrogens with one attached hydrogen (secondary N) is 1. The molecule has 0 bridgehead atoms. The molecule has 12 nitrogen and oxygen atoms in total. The van der Waals surface area contributed by atoms with Crippen molar-refractivity contribution < 1.29 is 38.3 Å². The molecule has 1 N–H and O–H groups in total. The van der Waals surface area contributed by atoms with Gasteiger partial charge in [-0.1, -0.05) is 30.3 Å². The fourth-order valence-corrected chi connectivity index (χ4v) is 7.13. The number of ether oxygens (including phenoxy) is 3. The number of benzene rings is 2. The summed E-state index contributed by atoms with van der Waals surface area (Å²) < 4.78 is 16.4. The Labute approximate surface area is 266 Å². The second-order valence-electron chi connectivity index (χ2n) is 10.0. The number of nitro benzene ring substituents is 1. The molecule has 2 aliphatic rings. The fourth-order valence-electron chi connectivity index (χ4n) is 5.01. The highest BCUT2D eigenvalue weighted by Crippen LogP contribution is 2.40. The normalized spacial score (nSPS) is 15.2. The highest BCUT2D eigenvalue weighted by atomic mass is 32.2. The quantitative estimate of drug-likeness (QED) is 0.113. The van der Waals surface area contributed by atoms with Crippen molar-refractivity contribution >= 4 is 62.9 Å². The number of carbonyl (C=O) groups is 4. The average Bonchev–Trinajstić information content (AvgIpc) is 3.52. The van der Waals surface area contributed by atoms with Gasteiger partial charge in [0, 0.05) is 4.88 Å². The van der Waals surface area contributed by atoms with Crippen LogP contribution in [0.25, 0.3) is 6.08 Å². The van der Waals surface area contributed by atoms with Crippen LogP contribution in [0.5, 0.6) is 11.5 Å². The van der Waals surface area contributed by atoms with Gasteiger partial charge in [-0.05, 0) is 67.6 Å². The van der Waals surface area contributed by atoms with Crippen LogP contribution in [0.3, 0.4) is 0 Å². The van der Waals surface area contributed by atoms with Crippen LogP contribution in [0.15, 0.2) is 47.4 Å². The summed E-state index contributed by atoms with van der Waals surface area (Å²) in [5.41, 5.74) is 1.68. The van der Waals surface area contributed by atoms with Crippen LogP contribution < -0.4 is 14.8 Å². The molecule has 1 aliphatic heterocycles. The first-order valence-corrected chi connectivity index (χ1v) is 15.7. The topological polar surface area (TPSA) is 154 Å². The van der Waals surface area contributed by atoms with Gasteiger partial charge < -0.3 is 19.5 Å². The number of nitro groups is 1. The number of thiophene rings is 1. The van der Waals surface area contributed by atoms with E-state index in [1.165, 1.54) is 36.7 Å². The molecule has 3 aromatic rings. The molecule has 3 amide bonds. The fraction of sp³-hybridized carbons (Fsp3) is 0.290. The van der Waals surface area contributed by atoms with Gasteiger partial charge in [0.25, 0.3) is 16.8 Å². The van der Waals surface area contributed by atoms with E-state index in [-0.39, 0.29) is 40.9 Å². The molecule has 2 aromatic carbocycles. The van der Waals surface area contributed by atoms with E-state index in [1.807, 2.05) is 30.3 Å². The van der Waals surface area contributed by atoms with Gasteiger partial charge >= 0.3 is 5.97 Å². The van der Waals surface area contributed by atoms with Crippen molar-refractivity contribution in [2.45, 2.75) is 39.2 Å². The number of carbonyl (C=O) groups excluding carboxylic acids is 4. The van der Waals surface area contributed by atoms with E-state index < -0.39 is 34.5 Å². The summed E-state index contributed by atoms with van der Waals surface area (Å²) in [5, 5.41) is 14.3. The van der Waals surface area contributed by atoms with E-state index in [1.54, 1.807) is 6.92 Å². The molecule has 0 atom stereocenters. The van der Waals surface area contributed by atoms with Gasteiger partial charge in [-0.2, -0.15) is 0 Å². The van der Waals surface area contributed by atoms with Crippen molar-refractivity contribution in [2.24, 2.45) is 0 Å². The first kappa shape index (κ1) is 31.7. The Morgan fingerprint density at radius 3 is 2.58 bits per heavy atom. The van der Waals surface area contributed by atoms with Gasteiger partial charge in [-0.3, -0.25) is 29.4 Å². The van der Waals surface area contributed by atoms with Crippen molar-refractivity contribution in [1.82, 2.24) is 4.90 Å². The number of thioether (sulfide) groups is 1. The minimum atomic E-state index is -0.783. The lowest BCUT2D eigenvalue weighted by atomic mass is 9.95. The van der Waals surface area contributed by atoms with Crippen molar-refractivity contribution in [2.75, 3.05) is 25.6 Å². The van der Waals surface area contributed by atoms with Crippen molar-refractivity contribution in [1.29, 1.82) is 0 Å². The number of hydrogen-bond acceptors (Lipinski definition) is 11. The summed E-state index contributed by atoms with van der Waals surface area (Å²) in [6, 6.07) is 11.8. The Bertz CT molecular complexity index is 1700. The van der Waals surface area contributed by atoms with Crippen molar-refractivity contribution in [3.63, 3.8) is 0 Å². The molecule has 0 spiro atoms. The predicted molar refractivity (Wildman–Crippen MR) is 169 cm³/mol. The number of methoxy groups -OCH3 is 1. The van der Waals surface area contributed by atoms with Crippen LogP contribution in [0, 0.1) is 10.1 Å². The Hall–Kier alpha value is -4.69. The summed E-state index contributed by atoms with van der Waals surface area (Å²) in [7, 11) is 1.38. The second kappa shape index (κ2) is 13.9. The van der Waals surface area contributed by atoms with E-state index in [2.05, 4.69) is 5.32 Å². The Balaban J connectivity index is 1.34. The van der Waals surface area contributed by atoms with E-state index in [9.17, 15) is 29.3 Å². The molecular formula is C31H29N3O9S2. The number of hydrogen-bond donors (Lipinski definition) is 1. The van der Waals surface area contributed by atoms with Gasteiger partial charge in [-0.15, -0.1) is 11.3 Å². The number of fused-ring (bicyclic) bond motifs is 1. The van der Waals surface area contributed by atoms with Gasteiger partial charge in [0.1, 0.15) is 18.2 Å². The van der Waals surface area contributed by atoms with Crippen molar-refractivity contribution in [3.05, 3.63) is 84.6 Å². The van der Waals surface area contributed by atoms with Crippen LogP contribution in [-0.4, -0.2) is 53.1 Å². The Morgan fingerprint density at radius 1 is 1.11 bits per heavy atom. The van der Waals surface area contributed by atoms with Gasteiger partial charge in [0.2, 0.25) is 5.91 Å². The molecule has 0 saturated carbocycles. The third kappa shape index (κ3) is 7.02. The number of esters is 1. The molecule has 0 unspecified atom stereocenters. The van der Waals surface area contributed by atoms with Crippen LogP contribution in [0.4, 0.5) is 15.5 Å². The van der Waals surface area contributed by atoms with E-state index in [0.717, 1.165) is 40.2 Å². The van der Waals surface area contributed by atoms with Crippen LogP contribution >= 0.6 is 23.1 Å². The first-order valence-electron chi connectivity index (χ1n) is 14.1. The average molecular weight is 652 g/mol. The SMILES string of the molecule is CCOC(=O)c1c(NC(=O)CN2C(=O)S/C(=C/c3cc(OC)c(OCc4ccccc4)cc3[N+](=O)[O-])C2=O)sc2c1CCCC2. The van der Waals surface area contributed by atoms with Crippen molar-refractivity contribution in [3.8, 4) is 11.5 Å². The van der Waals surface area contributed by atoms with E-state index >= 15 is 0 Å². The Kier molecular flexibility index (Phi) is 9.83. The summed E-state index contributed by atoms with van der Waals surface area (Å²) in [6.45, 7) is 1.41. The zero-order valence-corrected chi connectivity index (χ0v) is 26.1. The number of nitrogens with zero attached hydrogens (tertiary/aromatic N) is 2. The summed E-state index contributed by atoms with van der Waals surface area (Å²) >= 11 is 1.85. The first-order chi connectivity index (χ1) is 21.7. The second-order valence-corrected chi connectivity index (χ2v) is 12.1. The molecule has 1 fully saturated rings. The maximum absolute atomic E-state index is 13.2. The molecule has 1 aliphatic carbocycles. The summed E-state index contributed by atoms with van der Waals surface area (Å²) in [4.78, 5) is 64.8. The largest absolute Gasteiger partial charge is 0.493 e. The highest BCUT2D eigenvalue weighted by Gasteiger charge is 2.37. The third-order valence-electron chi connectivity index (χ3n) is 7.11. The molecule has 234 valence electrons. The lowest BCUT2D eigenvalue weighted by Crippen LogP contribution is -2.36. The number of amides is 3. The molecule has 1 saturated heterocycles. The standard InChI is InChI=1S/C31H29N3O9S2/c1-3-42-30(37)27-20-11-7-8-12-24(20)44-28(27)32-26(35)16-33-29(36)25(45-31(33)38)14-19-13-22(41-2)23(15-21(19)34(39)40)43-17-18-9-5-4-6-10-18/h4-6,9-10,13-15H,3,7-8,11-12,16-17H2,1-2H3,(H,32,35)/b25-14+. The highest BCUT2D eigenvalue weighted by molar-refractivity contribution is 8.18. The van der Waals surface area contributed by atoms with E-state index in [0.29, 0.717) is 28.7 Å². The molecule has 1 aromatic heterocycles. The smallest absolute Gasteiger partial charge is 0.341 e. The van der Waals surface area contributed by atoms with Gasteiger partial charge in [0.15, 0.2) is 11.5 Å². The lowest BCUT2D eigenvalue weighted by Gasteiger charge is -2.14. The number of imide groups is 1. The third-order valence-corrected chi connectivity index (χ3v) is 9.23. The van der Waals surface area contributed by atoms with Crippen LogP contribution in [0.2, 0.25) is 0 Å². The predicted octanol–water partition coefficient (Wildman–Crippen LogP) is 5.97. The van der Waals surface area contributed by atoms with E-state index in [4.69, 9.17) is 14.2 Å². The molecule has 0 radical (unpaired) electrons.